The summed E-state index contributed by atoms with van der Waals surface area (Å²) in [5, 5.41) is 1.13. The van der Waals surface area contributed by atoms with Gasteiger partial charge in [0.1, 0.15) is 12.4 Å². The minimum atomic E-state index is 0.521. The summed E-state index contributed by atoms with van der Waals surface area (Å²) in [7, 11) is 0. The van der Waals surface area contributed by atoms with E-state index in [9.17, 15) is 0 Å². The second kappa shape index (κ2) is 5.44. The number of aromatic nitrogens is 1. The second-order valence-electron chi connectivity index (χ2n) is 5.25. The van der Waals surface area contributed by atoms with E-state index in [1.807, 2.05) is 56.4 Å². The zero-order chi connectivity index (χ0) is 14.8. The molecule has 0 atom stereocenters. The first-order chi connectivity index (χ1) is 10.1. The molecule has 3 aromatic rings. The number of anilines is 1. The molecule has 0 fully saturated rings. The maximum absolute atomic E-state index is 5.98. The van der Waals surface area contributed by atoms with E-state index in [4.69, 9.17) is 10.5 Å². The van der Waals surface area contributed by atoms with Crippen molar-refractivity contribution in [2.24, 2.45) is 0 Å². The number of ether oxygens (including phenoxy) is 1. The van der Waals surface area contributed by atoms with Crippen LogP contribution in [0.25, 0.3) is 10.9 Å². The highest BCUT2D eigenvalue weighted by atomic mass is 16.5. The summed E-state index contributed by atoms with van der Waals surface area (Å²) < 4.78 is 5.98. The van der Waals surface area contributed by atoms with Crippen molar-refractivity contribution in [2.45, 2.75) is 20.5 Å². The maximum atomic E-state index is 5.98. The lowest BCUT2D eigenvalue weighted by Gasteiger charge is -2.12. The van der Waals surface area contributed by atoms with Crippen LogP contribution in [0.15, 0.2) is 48.7 Å². The van der Waals surface area contributed by atoms with Gasteiger partial charge in [-0.05, 0) is 49.2 Å². The zero-order valence-corrected chi connectivity index (χ0v) is 12.3. The molecule has 3 rings (SSSR count). The third kappa shape index (κ3) is 2.68. The second-order valence-corrected chi connectivity index (χ2v) is 5.25. The lowest BCUT2D eigenvalue weighted by atomic mass is 10.1. The van der Waals surface area contributed by atoms with Crippen LogP contribution in [-0.4, -0.2) is 4.98 Å². The van der Waals surface area contributed by atoms with E-state index in [1.54, 1.807) is 0 Å². The number of nitrogen functional groups attached to an aromatic ring is 1. The molecular formula is C18H18N2O. The van der Waals surface area contributed by atoms with Crippen LogP contribution in [0.1, 0.15) is 16.7 Å². The highest BCUT2D eigenvalue weighted by Crippen LogP contribution is 2.26. The molecule has 2 N–H and O–H groups in total. The van der Waals surface area contributed by atoms with E-state index in [-0.39, 0.29) is 0 Å². The van der Waals surface area contributed by atoms with E-state index >= 15 is 0 Å². The van der Waals surface area contributed by atoms with Gasteiger partial charge >= 0.3 is 0 Å². The number of aryl methyl sites for hydroxylation is 2. The standard InChI is InChI=1S/C18H18N2O/c1-12-10-18(13(2)9-16(12)19)21-11-14-7-8-20-17-6-4-3-5-15(14)17/h3-10H,11,19H2,1-2H3. The van der Waals surface area contributed by atoms with Gasteiger partial charge in [0.2, 0.25) is 0 Å². The topological polar surface area (TPSA) is 48.1 Å². The SMILES string of the molecule is Cc1cc(OCc2ccnc3ccccc23)c(C)cc1N. The minimum absolute atomic E-state index is 0.521. The first-order valence-electron chi connectivity index (χ1n) is 6.97. The molecule has 1 heterocycles. The van der Waals surface area contributed by atoms with Crippen molar-refractivity contribution >= 4 is 16.6 Å². The summed E-state index contributed by atoms with van der Waals surface area (Å²) >= 11 is 0. The number of benzene rings is 2. The first kappa shape index (κ1) is 13.4. The fourth-order valence-corrected chi connectivity index (χ4v) is 2.40. The zero-order valence-electron chi connectivity index (χ0n) is 12.3. The van der Waals surface area contributed by atoms with Crippen molar-refractivity contribution in [3.63, 3.8) is 0 Å². The predicted molar refractivity (Wildman–Crippen MR) is 86.4 cm³/mol. The van der Waals surface area contributed by atoms with E-state index in [0.29, 0.717) is 6.61 Å². The average molecular weight is 278 g/mol. The average Bonchev–Trinajstić information content (AvgIpc) is 2.49. The molecule has 0 amide bonds. The van der Waals surface area contributed by atoms with Crippen LogP contribution in [0.3, 0.4) is 0 Å². The van der Waals surface area contributed by atoms with Crippen LogP contribution in [-0.2, 0) is 6.61 Å². The molecule has 0 radical (unpaired) electrons. The Hall–Kier alpha value is -2.55. The highest BCUT2D eigenvalue weighted by Gasteiger charge is 2.06. The van der Waals surface area contributed by atoms with Crippen LogP contribution in [0, 0.1) is 13.8 Å². The van der Waals surface area contributed by atoms with Gasteiger partial charge in [-0.15, -0.1) is 0 Å². The fraction of sp³-hybridized carbons (Fsp3) is 0.167. The summed E-state index contributed by atoms with van der Waals surface area (Å²) in [6.07, 6.45) is 1.82. The molecule has 0 aliphatic heterocycles. The van der Waals surface area contributed by atoms with Gasteiger partial charge in [-0.2, -0.15) is 0 Å². The minimum Gasteiger partial charge on any atom is -0.489 e. The molecule has 0 saturated heterocycles. The molecule has 0 bridgehead atoms. The quantitative estimate of drug-likeness (QED) is 0.736. The van der Waals surface area contributed by atoms with Crippen LogP contribution < -0.4 is 10.5 Å². The van der Waals surface area contributed by atoms with Gasteiger partial charge in [-0.1, -0.05) is 18.2 Å². The molecule has 3 nitrogen and oxygen atoms in total. The Bertz CT molecular complexity index is 791. The van der Waals surface area contributed by atoms with Gasteiger partial charge in [-0.25, -0.2) is 0 Å². The summed E-state index contributed by atoms with van der Waals surface area (Å²) in [6, 6.07) is 14.0. The van der Waals surface area contributed by atoms with Crippen LogP contribution in [0.2, 0.25) is 0 Å². The number of para-hydroxylation sites is 1. The molecule has 0 unspecified atom stereocenters. The van der Waals surface area contributed by atoms with E-state index in [0.717, 1.165) is 39.0 Å². The van der Waals surface area contributed by atoms with E-state index in [1.165, 1.54) is 0 Å². The van der Waals surface area contributed by atoms with Crippen LogP contribution in [0.5, 0.6) is 5.75 Å². The van der Waals surface area contributed by atoms with Gasteiger partial charge in [0.25, 0.3) is 0 Å². The third-order valence-corrected chi connectivity index (χ3v) is 3.69. The lowest BCUT2D eigenvalue weighted by molar-refractivity contribution is 0.305. The summed E-state index contributed by atoms with van der Waals surface area (Å²) in [6.45, 7) is 4.52. The molecule has 0 saturated carbocycles. The number of nitrogens with two attached hydrogens (primary N) is 1. The summed E-state index contributed by atoms with van der Waals surface area (Å²) in [4.78, 5) is 4.37. The molecule has 0 aliphatic rings. The Morgan fingerprint density at radius 1 is 1.05 bits per heavy atom. The molecule has 21 heavy (non-hydrogen) atoms. The van der Waals surface area contributed by atoms with Crippen molar-refractivity contribution in [1.82, 2.24) is 4.98 Å². The van der Waals surface area contributed by atoms with Crippen molar-refractivity contribution in [3.05, 3.63) is 65.4 Å². The van der Waals surface area contributed by atoms with Gasteiger partial charge in [0, 0.05) is 22.8 Å². The molecule has 0 spiro atoms. The lowest BCUT2D eigenvalue weighted by Crippen LogP contribution is -2.00. The highest BCUT2D eigenvalue weighted by molar-refractivity contribution is 5.81. The third-order valence-electron chi connectivity index (χ3n) is 3.69. The Labute approximate surface area is 124 Å². The van der Waals surface area contributed by atoms with Crippen molar-refractivity contribution in [1.29, 1.82) is 0 Å². The Morgan fingerprint density at radius 3 is 2.71 bits per heavy atom. The number of rotatable bonds is 3. The monoisotopic (exact) mass is 278 g/mol. The van der Waals surface area contributed by atoms with Gasteiger partial charge < -0.3 is 10.5 Å². The molecule has 1 aromatic heterocycles. The predicted octanol–water partition coefficient (Wildman–Crippen LogP) is 4.01. The Kier molecular flexibility index (Phi) is 3.48. The summed E-state index contributed by atoms with van der Waals surface area (Å²) in [5.41, 5.74) is 10.9. The van der Waals surface area contributed by atoms with Crippen LogP contribution in [0.4, 0.5) is 5.69 Å². The Morgan fingerprint density at radius 2 is 1.86 bits per heavy atom. The molecule has 0 aliphatic carbocycles. The normalized spacial score (nSPS) is 10.8. The smallest absolute Gasteiger partial charge is 0.123 e. The van der Waals surface area contributed by atoms with Gasteiger partial charge in [0.05, 0.1) is 5.52 Å². The van der Waals surface area contributed by atoms with Gasteiger partial charge in [-0.3, -0.25) is 4.98 Å². The molecular weight excluding hydrogens is 260 g/mol. The van der Waals surface area contributed by atoms with Gasteiger partial charge in [0.15, 0.2) is 0 Å². The Balaban J connectivity index is 1.89. The molecule has 3 heteroatoms. The molecule has 2 aromatic carbocycles. The first-order valence-corrected chi connectivity index (χ1v) is 6.97. The molecule has 106 valence electrons. The van der Waals surface area contributed by atoms with Crippen molar-refractivity contribution in [3.8, 4) is 5.75 Å². The number of hydrogen-bond acceptors (Lipinski definition) is 3. The van der Waals surface area contributed by atoms with E-state index < -0.39 is 0 Å². The number of fused-ring (bicyclic) bond motifs is 1. The maximum Gasteiger partial charge on any atom is 0.123 e. The van der Waals surface area contributed by atoms with Crippen LogP contribution >= 0.6 is 0 Å². The largest absolute Gasteiger partial charge is 0.489 e. The summed E-state index contributed by atoms with van der Waals surface area (Å²) in [5.74, 6) is 0.877. The fourth-order valence-electron chi connectivity index (χ4n) is 2.40. The number of hydrogen-bond donors (Lipinski definition) is 1. The number of nitrogens with zero attached hydrogens (tertiary/aromatic N) is 1. The van der Waals surface area contributed by atoms with Crippen molar-refractivity contribution < 1.29 is 4.74 Å². The number of pyridine rings is 1. The van der Waals surface area contributed by atoms with Crippen molar-refractivity contribution in [2.75, 3.05) is 5.73 Å². The van der Waals surface area contributed by atoms with E-state index in [2.05, 4.69) is 11.1 Å².